The summed E-state index contributed by atoms with van der Waals surface area (Å²) < 4.78 is 31.0. The van der Waals surface area contributed by atoms with E-state index in [1.807, 2.05) is 0 Å². The molecule has 0 heterocycles. The van der Waals surface area contributed by atoms with Gasteiger partial charge in [-0.2, -0.15) is 0 Å². The van der Waals surface area contributed by atoms with Crippen molar-refractivity contribution in [2.75, 3.05) is 13.2 Å². The van der Waals surface area contributed by atoms with Crippen LogP contribution < -0.4 is 9.47 Å². The molecule has 12 nitrogen and oxygen atoms in total. The Labute approximate surface area is 240 Å². The number of rotatable bonds is 11. The number of ether oxygens (including phenoxy) is 6. The predicted molar refractivity (Wildman–Crippen MR) is 143 cm³/mol. The summed E-state index contributed by atoms with van der Waals surface area (Å²) in [4.78, 5) is 71.3. The van der Waals surface area contributed by atoms with Gasteiger partial charge in [-0.15, -0.1) is 0 Å². The van der Waals surface area contributed by atoms with Gasteiger partial charge in [0.05, 0.1) is 17.0 Å². The zero-order valence-corrected chi connectivity index (χ0v) is 23.0. The van der Waals surface area contributed by atoms with E-state index in [0.717, 1.165) is 0 Å². The van der Waals surface area contributed by atoms with Crippen molar-refractivity contribution in [2.24, 2.45) is 5.92 Å². The first-order chi connectivity index (χ1) is 20.0. The summed E-state index contributed by atoms with van der Waals surface area (Å²) >= 11 is 0. The summed E-state index contributed by atoms with van der Waals surface area (Å²) in [6, 6.07) is 11.2. The summed E-state index contributed by atoms with van der Waals surface area (Å²) in [7, 11) is 0. The van der Waals surface area contributed by atoms with Gasteiger partial charge in [-0.25, -0.2) is 9.59 Å². The van der Waals surface area contributed by atoms with E-state index in [0.29, 0.717) is 5.76 Å². The van der Waals surface area contributed by atoms with Crippen LogP contribution in [-0.4, -0.2) is 55.1 Å². The second-order valence-electron chi connectivity index (χ2n) is 8.89. The Hall–Kier alpha value is -5.26. The second-order valence-corrected chi connectivity index (χ2v) is 8.89. The molecule has 0 N–H and O–H groups in total. The number of benzene rings is 2. The fourth-order valence-corrected chi connectivity index (χ4v) is 3.54. The van der Waals surface area contributed by atoms with Gasteiger partial charge >= 0.3 is 35.8 Å². The van der Waals surface area contributed by atoms with Crippen molar-refractivity contribution in [1.82, 2.24) is 0 Å². The van der Waals surface area contributed by atoms with Crippen molar-refractivity contribution < 1.29 is 57.2 Å². The molecule has 1 unspecified atom stereocenters. The molecule has 220 valence electrons. The lowest BCUT2D eigenvalue weighted by atomic mass is 10.0. The Balaban J connectivity index is 1.64. The van der Waals surface area contributed by atoms with E-state index in [2.05, 4.69) is 0 Å². The van der Waals surface area contributed by atoms with Crippen molar-refractivity contribution in [3.8, 4) is 11.5 Å². The minimum absolute atomic E-state index is 0.138. The van der Waals surface area contributed by atoms with Crippen LogP contribution in [0.15, 0.2) is 72.5 Å². The van der Waals surface area contributed by atoms with Gasteiger partial charge in [0.25, 0.3) is 0 Å². The molecule has 0 spiro atoms. The summed E-state index contributed by atoms with van der Waals surface area (Å²) in [5.74, 6) is -3.68. The first-order valence-electron chi connectivity index (χ1n) is 12.7. The molecular formula is C30H28O12. The van der Waals surface area contributed by atoms with Gasteiger partial charge < -0.3 is 28.4 Å². The molecule has 0 bridgehead atoms. The number of hydrogen-bond acceptors (Lipinski definition) is 12. The van der Waals surface area contributed by atoms with Gasteiger partial charge in [0.15, 0.2) is 6.10 Å². The third-order valence-corrected chi connectivity index (χ3v) is 5.42. The van der Waals surface area contributed by atoms with Gasteiger partial charge in [0.2, 0.25) is 0 Å². The Kier molecular flexibility index (Phi) is 11.1. The highest BCUT2D eigenvalue weighted by molar-refractivity contribution is 5.90. The molecule has 0 aromatic heterocycles. The highest BCUT2D eigenvalue weighted by Gasteiger charge is 2.26. The average molecular weight is 581 g/mol. The number of allylic oxidation sites excluding steroid dienone is 2. The predicted octanol–water partition coefficient (Wildman–Crippen LogP) is 3.49. The smallest absolute Gasteiger partial charge is 0.338 e. The standard InChI is InChI=1S/C30H28O12/c1-18(31)39-24-10-4-21(5-11-24)28(34)37-16-27(42-30(36)23-8-14-26(15-9-23)41-20(3)33)17-38-29(35)22-6-12-25(13-7-22)40-19(2)32/h4-8,10-15,23,27H,9,16-17H2,1-3H3. The average Bonchev–Trinajstić information content (AvgIpc) is 2.94. The summed E-state index contributed by atoms with van der Waals surface area (Å²) in [5.41, 5.74) is 0.276. The molecule has 0 saturated carbocycles. The van der Waals surface area contributed by atoms with E-state index < -0.39 is 61.1 Å². The first-order valence-corrected chi connectivity index (χ1v) is 12.7. The molecule has 3 rings (SSSR count). The number of carbonyl (C=O) groups is 6. The van der Waals surface area contributed by atoms with Gasteiger partial charge in [-0.05, 0) is 67.1 Å². The number of esters is 6. The summed E-state index contributed by atoms with van der Waals surface area (Å²) in [6.07, 6.45) is 3.54. The van der Waals surface area contributed by atoms with Crippen LogP contribution >= 0.6 is 0 Å². The van der Waals surface area contributed by atoms with E-state index in [9.17, 15) is 28.8 Å². The molecule has 0 fully saturated rings. The zero-order valence-electron chi connectivity index (χ0n) is 23.0. The van der Waals surface area contributed by atoms with Crippen LogP contribution in [0.2, 0.25) is 0 Å². The Morgan fingerprint density at radius 3 is 1.52 bits per heavy atom. The Bertz CT molecular complexity index is 1310. The maximum Gasteiger partial charge on any atom is 0.338 e. The van der Waals surface area contributed by atoms with E-state index in [4.69, 9.17) is 28.4 Å². The molecule has 1 atom stereocenters. The van der Waals surface area contributed by atoms with Crippen LogP contribution in [0.5, 0.6) is 11.5 Å². The largest absolute Gasteiger partial charge is 0.458 e. The highest BCUT2D eigenvalue weighted by Crippen LogP contribution is 2.20. The lowest BCUT2D eigenvalue weighted by Gasteiger charge is -2.21. The zero-order chi connectivity index (χ0) is 30.6. The van der Waals surface area contributed by atoms with Crippen molar-refractivity contribution in [1.29, 1.82) is 0 Å². The fourth-order valence-electron chi connectivity index (χ4n) is 3.54. The van der Waals surface area contributed by atoms with Crippen LogP contribution in [0.4, 0.5) is 0 Å². The fraction of sp³-hybridized carbons (Fsp3) is 0.267. The van der Waals surface area contributed by atoms with Crippen LogP contribution in [0.3, 0.4) is 0 Å². The van der Waals surface area contributed by atoms with Crippen molar-refractivity contribution in [2.45, 2.75) is 33.3 Å². The van der Waals surface area contributed by atoms with Crippen LogP contribution in [0.25, 0.3) is 0 Å². The second kappa shape index (κ2) is 14.9. The Morgan fingerprint density at radius 1 is 0.690 bits per heavy atom. The molecule has 0 radical (unpaired) electrons. The summed E-state index contributed by atoms with van der Waals surface area (Å²) in [6.45, 7) is 2.85. The normalized spacial score (nSPS) is 13.8. The number of hydrogen-bond donors (Lipinski definition) is 0. The molecule has 2 aromatic carbocycles. The lowest BCUT2D eigenvalue weighted by molar-refractivity contribution is -0.157. The third-order valence-electron chi connectivity index (χ3n) is 5.42. The van der Waals surface area contributed by atoms with Gasteiger partial charge in [0.1, 0.15) is 30.5 Å². The minimum atomic E-state index is -1.17. The number of carbonyl (C=O) groups excluding carboxylic acids is 6. The van der Waals surface area contributed by atoms with E-state index in [1.54, 1.807) is 6.08 Å². The van der Waals surface area contributed by atoms with Crippen molar-refractivity contribution in [3.05, 3.63) is 83.6 Å². The van der Waals surface area contributed by atoms with Gasteiger partial charge in [-0.3, -0.25) is 19.2 Å². The van der Waals surface area contributed by atoms with E-state index in [1.165, 1.54) is 81.5 Å². The van der Waals surface area contributed by atoms with E-state index in [-0.39, 0.29) is 29.0 Å². The SMILES string of the molecule is CC(=O)OC1=CCC(C(=O)OC(COC(=O)c2ccc(OC(C)=O)cc2)COC(=O)c2ccc(OC(C)=O)cc2)C=C1. The Morgan fingerprint density at radius 2 is 1.14 bits per heavy atom. The molecule has 1 aliphatic carbocycles. The molecule has 2 aromatic rings. The maximum atomic E-state index is 12.8. The molecular weight excluding hydrogens is 552 g/mol. The van der Waals surface area contributed by atoms with E-state index >= 15 is 0 Å². The van der Waals surface area contributed by atoms with Crippen molar-refractivity contribution >= 4 is 35.8 Å². The van der Waals surface area contributed by atoms with Gasteiger partial charge in [0, 0.05) is 20.8 Å². The lowest BCUT2D eigenvalue weighted by Crippen LogP contribution is -2.33. The van der Waals surface area contributed by atoms with Crippen LogP contribution in [-0.2, 0) is 38.1 Å². The molecule has 12 heteroatoms. The molecule has 42 heavy (non-hydrogen) atoms. The van der Waals surface area contributed by atoms with Crippen LogP contribution in [0.1, 0.15) is 47.9 Å². The topological polar surface area (TPSA) is 158 Å². The van der Waals surface area contributed by atoms with Crippen molar-refractivity contribution in [3.63, 3.8) is 0 Å². The quantitative estimate of drug-likeness (QED) is 0.217. The molecule has 0 amide bonds. The van der Waals surface area contributed by atoms with Gasteiger partial charge in [-0.1, -0.05) is 6.08 Å². The maximum absolute atomic E-state index is 12.8. The minimum Gasteiger partial charge on any atom is -0.458 e. The van der Waals surface area contributed by atoms with Crippen LogP contribution in [0, 0.1) is 5.92 Å². The first kappa shape index (κ1) is 31.3. The monoisotopic (exact) mass is 580 g/mol. The molecule has 1 aliphatic rings. The molecule has 0 saturated heterocycles. The molecule has 0 aliphatic heterocycles. The summed E-state index contributed by atoms with van der Waals surface area (Å²) in [5, 5.41) is 0. The highest BCUT2D eigenvalue weighted by atomic mass is 16.6. The third kappa shape index (κ3) is 10.0.